The number of ether oxygens (including phenoxy) is 2. The van der Waals surface area contributed by atoms with Gasteiger partial charge in [-0.05, 0) is 77.7 Å². The van der Waals surface area contributed by atoms with Crippen molar-refractivity contribution in [2.24, 2.45) is 0 Å². The summed E-state index contributed by atoms with van der Waals surface area (Å²) in [6, 6.07) is 10.1. The molecule has 3 fully saturated rings. The number of hydrogen-bond acceptors (Lipinski definition) is 8. The molecule has 4 heterocycles. The molecule has 3 aliphatic rings. The van der Waals surface area contributed by atoms with Gasteiger partial charge in [0.25, 0.3) is 0 Å². The maximum atomic E-state index is 13.0. The Morgan fingerprint density at radius 2 is 1.92 bits per heavy atom. The average molecular weight is 596 g/mol. The van der Waals surface area contributed by atoms with Crippen molar-refractivity contribution in [3.8, 4) is 18.0 Å². The summed E-state index contributed by atoms with van der Waals surface area (Å²) in [6.07, 6.45) is 4.27. The quantitative estimate of drug-likeness (QED) is 0.464. The van der Waals surface area contributed by atoms with Crippen LogP contribution in [0.25, 0.3) is 10.9 Å². The van der Waals surface area contributed by atoms with Gasteiger partial charge in [0.05, 0.1) is 35.3 Å². The highest BCUT2D eigenvalue weighted by atomic mass is 79.9. The third-order valence-corrected chi connectivity index (χ3v) is 8.54. The number of carbonyl (C=O) groups excluding carboxylic acids is 1. The van der Waals surface area contributed by atoms with Crippen LogP contribution >= 0.6 is 15.9 Å². The van der Waals surface area contributed by atoms with Gasteiger partial charge in [-0.25, -0.2) is 9.78 Å². The van der Waals surface area contributed by atoms with E-state index in [1.54, 1.807) is 4.90 Å². The van der Waals surface area contributed by atoms with Crippen LogP contribution in [0.1, 0.15) is 58.4 Å². The van der Waals surface area contributed by atoms with Gasteiger partial charge in [-0.1, -0.05) is 15.9 Å². The van der Waals surface area contributed by atoms with Gasteiger partial charge >= 0.3 is 6.09 Å². The van der Waals surface area contributed by atoms with Gasteiger partial charge < -0.3 is 19.3 Å². The molecule has 39 heavy (non-hydrogen) atoms. The van der Waals surface area contributed by atoms with E-state index in [4.69, 9.17) is 14.5 Å². The summed E-state index contributed by atoms with van der Waals surface area (Å²) in [7, 11) is 0. The Kier molecular flexibility index (Phi) is 7.63. The van der Waals surface area contributed by atoms with Crippen molar-refractivity contribution in [2.75, 3.05) is 44.2 Å². The summed E-state index contributed by atoms with van der Waals surface area (Å²) in [5.74, 6) is 0.345. The van der Waals surface area contributed by atoms with Crippen LogP contribution in [0.4, 0.5) is 10.5 Å². The fourth-order valence-electron chi connectivity index (χ4n) is 6.30. The number of carbonyl (C=O) groups is 1. The van der Waals surface area contributed by atoms with Crippen molar-refractivity contribution in [2.45, 2.75) is 70.1 Å². The Morgan fingerprint density at radius 3 is 2.59 bits per heavy atom. The molecular weight excluding hydrogens is 560 g/mol. The zero-order chi connectivity index (χ0) is 27.8. The van der Waals surface area contributed by atoms with E-state index in [-0.39, 0.29) is 18.0 Å². The molecule has 0 saturated carbocycles. The predicted octanol–water partition coefficient (Wildman–Crippen LogP) is 5.22. The lowest BCUT2D eigenvalue weighted by Crippen LogP contribution is -2.56. The number of nitrogens with zero attached hydrogens (tertiary/aromatic N) is 6. The van der Waals surface area contributed by atoms with Gasteiger partial charge in [0.15, 0.2) is 0 Å². The average Bonchev–Trinajstić information content (AvgIpc) is 3.46. The van der Waals surface area contributed by atoms with Crippen LogP contribution in [0.2, 0.25) is 0 Å². The smallest absolute Gasteiger partial charge is 0.410 e. The zero-order valence-electron chi connectivity index (χ0n) is 22.9. The standard InChI is InChI=1S/C29H35BrN6O3/c1-28(2,3)39-27(37)36-15-14-34(18-21(36)8-11-31)25-22-7-6-20(30)16-24(22)33-26(23(25)17-32)38-19-29-9-4-12-35(29)13-5-10-29/h6-7,16,21H,4-5,8-10,12-15,18-19H2,1-3H3/t21-/m0/s1. The van der Waals surface area contributed by atoms with Crippen LogP contribution in [0, 0.1) is 22.7 Å². The Hall–Kier alpha value is -3.08. The molecule has 0 radical (unpaired) electrons. The first-order valence-electron chi connectivity index (χ1n) is 13.7. The number of anilines is 1. The van der Waals surface area contributed by atoms with E-state index >= 15 is 0 Å². The lowest BCUT2D eigenvalue weighted by molar-refractivity contribution is 0.0145. The maximum absolute atomic E-state index is 13.0. The van der Waals surface area contributed by atoms with Crippen molar-refractivity contribution >= 4 is 38.6 Å². The molecule has 1 aromatic heterocycles. The van der Waals surface area contributed by atoms with Crippen LogP contribution in [-0.2, 0) is 4.74 Å². The molecule has 0 aliphatic carbocycles. The topological polar surface area (TPSA) is 106 Å². The number of rotatable bonds is 5. The summed E-state index contributed by atoms with van der Waals surface area (Å²) in [5.41, 5.74) is 1.26. The minimum Gasteiger partial charge on any atom is -0.475 e. The van der Waals surface area contributed by atoms with Crippen molar-refractivity contribution < 1.29 is 14.3 Å². The van der Waals surface area contributed by atoms with E-state index < -0.39 is 11.7 Å². The summed E-state index contributed by atoms with van der Waals surface area (Å²) in [5, 5.41) is 20.8. The van der Waals surface area contributed by atoms with Crippen molar-refractivity contribution in [1.82, 2.24) is 14.8 Å². The Bertz CT molecular complexity index is 1330. The normalized spacial score (nSPS) is 20.9. The number of piperazine rings is 1. The molecule has 2 aromatic rings. The number of halogens is 1. The molecule has 5 rings (SSSR count). The first-order valence-corrected chi connectivity index (χ1v) is 14.5. The number of pyridine rings is 1. The monoisotopic (exact) mass is 594 g/mol. The van der Waals surface area contributed by atoms with E-state index in [1.165, 1.54) is 12.8 Å². The van der Waals surface area contributed by atoms with Gasteiger partial charge in [-0.2, -0.15) is 10.5 Å². The first kappa shape index (κ1) is 27.5. The number of amides is 1. The molecule has 1 atom stereocenters. The van der Waals surface area contributed by atoms with Crippen LogP contribution in [0.3, 0.4) is 0 Å². The second-order valence-electron chi connectivity index (χ2n) is 11.8. The number of hydrogen-bond donors (Lipinski definition) is 0. The largest absolute Gasteiger partial charge is 0.475 e. The molecule has 0 bridgehead atoms. The zero-order valence-corrected chi connectivity index (χ0v) is 24.5. The second-order valence-corrected chi connectivity index (χ2v) is 12.7. The predicted molar refractivity (Wildman–Crippen MR) is 152 cm³/mol. The molecule has 3 aliphatic heterocycles. The van der Waals surface area contributed by atoms with E-state index in [2.05, 4.69) is 37.9 Å². The molecule has 1 amide bonds. The third kappa shape index (κ3) is 5.50. The Labute approximate surface area is 238 Å². The highest BCUT2D eigenvalue weighted by molar-refractivity contribution is 9.10. The molecule has 3 saturated heterocycles. The van der Waals surface area contributed by atoms with Crippen LogP contribution in [0.15, 0.2) is 22.7 Å². The minimum atomic E-state index is -0.631. The molecule has 1 aromatic carbocycles. The van der Waals surface area contributed by atoms with Crippen LogP contribution in [0.5, 0.6) is 5.88 Å². The SMILES string of the molecule is CC(C)(C)OC(=O)N1CCN(c2c(C#N)c(OCC34CCCN3CCC4)nc3cc(Br)ccc23)C[C@@H]1CC#N. The van der Waals surface area contributed by atoms with Crippen LogP contribution < -0.4 is 9.64 Å². The molecule has 0 N–H and O–H groups in total. The molecule has 0 spiro atoms. The third-order valence-electron chi connectivity index (χ3n) is 8.04. The van der Waals surface area contributed by atoms with E-state index in [0.29, 0.717) is 37.7 Å². The number of benzene rings is 1. The van der Waals surface area contributed by atoms with E-state index in [9.17, 15) is 15.3 Å². The molecular formula is C29H35BrN6O3. The fraction of sp³-hybridized carbons (Fsp3) is 0.586. The fourth-order valence-corrected chi connectivity index (χ4v) is 6.64. The molecule has 9 nitrogen and oxygen atoms in total. The maximum Gasteiger partial charge on any atom is 0.410 e. The van der Waals surface area contributed by atoms with Crippen LogP contribution in [-0.4, -0.2) is 77.4 Å². The van der Waals surface area contributed by atoms with Gasteiger partial charge in [0.1, 0.15) is 23.8 Å². The van der Waals surface area contributed by atoms with Gasteiger partial charge in [0.2, 0.25) is 5.88 Å². The Balaban J connectivity index is 1.50. The second kappa shape index (κ2) is 10.8. The number of fused-ring (bicyclic) bond motifs is 2. The van der Waals surface area contributed by atoms with Gasteiger partial charge in [-0.3, -0.25) is 4.90 Å². The van der Waals surface area contributed by atoms with Gasteiger partial charge in [0, 0.05) is 29.5 Å². The van der Waals surface area contributed by atoms with Crippen molar-refractivity contribution in [1.29, 1.82) is 10.5 Å². The summed E-state index contributed by atoms with van der Waals surface area (Å²) in [6.45, 7) is 9.46. The summed E-state index contributed by atoms with van der Waals surface area (Å²) in [4.78, 5) is 24.0. The lowest BCUT2D eigenvalue weighted by Gasteiger charge is -2.42. The minimum absolute atomic E-state index is 0.0255. The summed E-state index contributed by atoms with van der Waals surface area (Å²) >= 11 is 3.56. The lowest BCUT2D eigenvalue weighted by atomic mass is 9.95. The number of aromatic nitrogens is 1. The Morgan fingerprint density at radius 1 is 1.18 bits per heavy atom. The van der Waals surface area contributed by atoms with E-state index in [1.807, 2.05) is 39.0 Å². The highest BCUT2D eigenvalue weighted by Gasteiger charge is 2.45. The van der Waals surface area contributed by atoms with Crippen molar-refractivity contribution in [3.63, 3.8) is 0 Å². The highest BCUT2D eigenvalue weighted by Crippen LogP contribution is 2.41. The molecule has 10 heteroatoms. The molecule has 206 valence electrons. The van der Waals surface area contributed by atoms with Gasteiger partial charge in [-0.15, -0.1) is 0 Å². The summed E-state index contributed by atoms with van der Waals surface area (Å²) < 4.78 is 12.9. The molecule has 0 unspecified atom stereocenters. The first-order chi connectivity index (χ1) is 18.6. The number of nitriles is 2. The van der Waals surface area contributed by atoms with Crippen molar-refractivity contribution in [3.05, 3.63) is 28.2 Å². The van der Waals surface area contributed by atoms with E-state index in [0.717, 1.165) is 47.0 Å².